The third kappa shape index (κ3) is 8.05. The van der Waals surface area contributed by atoms with Gasteiger partial charge >= 0.3 is 24.4 Å². The molecule has 1 fully saturated rings. The van der Waals surface area contributed by atoms with Crippen molar-refractivity contribution < 1.29 is 59.4 Å². The highest BCUT2D eigenvalue weighted by Crippen LogP contribution is 2.43. The van der Waals surface area contributed by atoms with E-state index in [-0.39, 0.29) is 29.6 Å². The van der Waals surface area contributed by atoms with Crippen LogP contribution in [0.2, 0.25) is 0 Å². The SMILES string of the molecule is COC(=O)C1C(=O)N(C(=O)OC(C)(C)C)CC1c1cc(-c2ccc(F)cc2C)c(N(C)C(=O)C(C)(C)c2cc(C(F)(F)F)cc(C(F)(F)F)c2)cn1. The average molecular weight is 740 g/mol. The Morgan fingerprint density at radius 2 is 1.42 bits per heavy atom. The first-order chi connectivity index (χ1) is 23.8. The van der Waals surface area contributed by atoms with Crippen LogP contribution in [0.15, 0.2) is 48.7 Å². The van der Waals surface area contributed by atoms with Gasteiger partial charge in [0.1, 0.15) is 17.3 Å². The summed E-state index contributed by atoms with van der Waals surface area (Å²) in [7, 11) is 2.29. The zero-order valence-corrected chi connectivity index (χ0v) is 29.4. The van der Waals surface area contributed by atoms with Gasteiger partial charge in [-0.3, -0.25) is 19.4 Å². The molecule has 2 unspecified atom stereocenters. The first-order valence-corrected chi connectivity index (χ1v) is 15.7. The van der Waals surface area contributed by atoms with Crippen molar-refractivity contribution in [1.29, 1.82) is 0 Å². The number of hydrogen-bond acceptors (Lipinski definition) is 7. The molecular formula is C36H36F7N3O6. The highest BCUT2D eigenvalue weighted by Gasteiger charge is 2.51. The molecule has 1 aromatic heterocycles. The van der Waals surface area contributed by atoms with Gasteiger partial charge in [0, 0.05) is 30.8 Å². The predicted octanol–water partition coefficient (Wildman–Crippen LogP) is 7.82. The minimum Gasteiger partial charge on any atom is -0.468 e. The first kappa shape index (κ1) is 39.8. The van der Waals surface area contributed by atoms with E-state index in [1.165, 1.54) is 45.3 Å². The lowest BCUT2D eigenvalue weighted by molar-refractivity contribution is -0.150. The van der Waals surface area contributed by atoms with Gasteiger partial charge in [0.15, 0.2) is 0 Å². The molecule has 2 aromatic carbocycles. The van der Waals surface area contributed by atoms with E-state index in [1.54, 1.807) is 27.7 Å². The smallest absolute Gasteiger partial charge is 0.417 e. The van der Waals surface area contributed by atoms with Crippen molar-refractivity contribution in [2.24, 2.45) is 5.92 Å². The predicted molar refractivity (Wildman–Crippen MR) is 173 cm³/mol. The quantitative estimate of drug-likeness (QED) is 0.144. The van der Waals surface area contributed by atoms with Crippen molar-refractivity contribution in [3.8, 4) is 11.1 Å². The number of alkyl halides is 6. The van der Waals surface area contributed by atoms with Crippen LogP contribution in [-0.4, -0.2) is 60.1 Å². The summed E-state index contributed by atoms with van der Waals surface area (Å²) in [5, 5.41) is 0. The third-order valence-electron chi connectivity index (χ3n) is 8.66. The summed E-state index contributed by atoms with van der Waals surface area (Å²) < 4.78 is 107. The van der Waals surface area contributed by atoms with Gasteiger partial charge in [-0.1, -0.05) is 6.07 Å². The fourth-order valence-electron chi connectivity index (χ4n) is 5.92. The number of esters is 1. The first-order valence-electron chi connectivity index (χ1n) is 15.7. The number of imide groups is 1. The number of halogens is 7. The van der Waals surface area contributed by atoms with Gasteiger partial charge in [-0.25, -0.2) is 14.1 Å². The summed E-state index contributed by atoms with van der Waals surface area (Å²) in [6.45, 7) is 8.28. The lowest BCUT2D eigenvalue weighted by atomic mass is 9.81. The topological polar surface area (TPSA) is 106 Å². The van der Waals surface area contributed by atoms with Crippen LogP contribution in [0.25, 0.3) is 11.1 Å². The second-order valence-electron chi connectivity index (χ2n) is 13.9. The molecule has 3 aromatic rings. The zero-order valence-electron chi connectivity index (χ0n) is 29.4. The molecule has 0 radical (unpaired) electrons. The minimum absolute atomic E-state index is 0.00231. The van der Waals surface area contributed by atoms with E-state index < -0.39 is 81.6 Å². The molecule has 0 spiro atoms. The number of likely N-dealkylation sites (tertiary alicyclic amines) is 1. The maximum atomic E-state index is 14.2. The van der Waals surface area contributed by atoms with Gasteiger partial charge in [-0.15, -0.1) is 0 Å². The van der Waals surface area contributed by atoms with Crippen LogP contribution in [0.5, 0.6) is 0 Å². The molecule has 2 heterocycles. The Balaban J connectivity index is 1.87. The van der Waals surface area contributed by atoms with Gasteiger partial charge in [0.05, 0.1) is 35.5 Å². The number of aryl methyl sites for hydroxylation is 1. The molecule has 0 aliphatic carbocycles. The Bertz CT molecular complexity index is 1890. The number of ether oxygens (including phenoxy) is 2. The standard InChI is InChI=1S/C36H36F7N3O6/c1-18-11-22(37)9-10-23(18)24-15-26(25-17-46(32(50)52-33(2,3)4)29(47)28(25)30(48)51-8)44-16-27(24)45(7)31(49)34(5,6)19-12-20(35(38,39)40)14-21(13-19)36(41,42)43/h9-16,25,28H,17H2,1-8H3. The summed E-state index contributed by atoms with van der Waals surface area (Å²) >= 11 is 0. The maximum Gasteiger partial charge on any atom is 0.417 e. The Morgan fingerprint density at radius 3 is 1.92 bits per heavy atom. The number of anilines is 1. The van der Waals surface area contributed by atoms with Crippen molar-refractivity contribution in [3.63, 3.8) is 0 Å². The molecule has 0 saturated carbocycles. The summed E-state index contributed by atoms with van der Waals surface area (Å²) in [4.78, 5) is 59.5. The summed E-state index contributed by atoms with van der Waals surface area (Å²) in [6, 6.07) is 6.02. The number of benzene rings is 2. The van der Waals surface area contributed by atoms with E-state index >= 15 is 0 Å². The highest BCUT2D eigenvalue weighted by molar-refractivity contribution is 6.07. The monoisotopic (exact) mass is 739 g/mol. The molecule has 9 nitrogen and oxygen atoms in total. The van der Waals surface area contributed by atoms with E-state index in [2.05, 4.69) is 4.98 Å². The number of carbonyl (C=O) groups is 4. The number of nitrogens with zero attached hydrogens (tertiary/aromatic N) is 3. The number of aromatic nitrogens is 1. The van der Waals surface area contributed by atoms with Gasteiger partial charge < -0.3 is 14.4 Å². The lowest BCUT2D eigenvalue weighted by Crippen LogP contribution is -2.42. The van der Waals surface area contributed by atoms with E-state index in [9.17, 15) is 49.9 Å². The summed E-state index contributed by atoms with van der Waals surface area (Å²) in [5.74, 6) is -6.06. The van der Waals surface area contributed by atoms with Crippen LogP contribution in [0.3, 0.4) is 0 Å². The van der Waals surface area contributed by atoms with Crippen LogP contribution in [0, 0.1) is 18.7 Å². The number of likely N-dealkylation sites (N-methyl/N-ethyl adjacent to an activating group) is 1. The Hall–Kier alpha value is -5.02. The van der Waals surface area contributed by atoms with Gasteiger partial charge in [-0.05, 0) is 94.6 Å². The van der Waals surface area contributed by atoms with Crippen LogP contribution in [0.1, 0.15) is 68.5 Å². The molecule has 4 rings (SSSR count). The van der Waals surface area contributed by atoms with Crippen molar-refractivity contribution >= 4 is 29.6 Å². The highest BCUT2D eigenvalue weighted by atomic mass is 19.4. The molecule has 1 saturated heterocycles. The van der Waals surface area contributed by atoms with Crippen molar-refractivity contribution in [2.45, 2.75) is 70.8 Å². The van der Waals surface area contributed by atoms with Gasteiger partial charge in [0.25, 0.3) is 0 Å². The lowest BCUT2D eigenvalue weighted by Gasteiger charge is -2.32. The Morgan fingerprint density at radius 1 is 0.865 bits per heavy atom. The van der Waals surface area contributed by atoms with Crippen molar-refractivity contribution in [1.82, 2.24) is 9.88 Å². The number of pyridine rings is 1. The van der Waals surface area contributed by atoms with Crippen molar-refractivity contribution in [2.75, 3.05) is 25.6 Å². The maximum absolute atomic E-state index is 14.2. The van der Waals surface area contributed by atoms with E-state index in [4.69, 9.17) is 9.47 Å². The average Bonchev–Trinajstić information content (AvgIpc) is 3.38. The van der Waals surface area contributed by atoms with E-state index in [1.807, 2.05) is 0 Å². The number of methoxy groups -OCH3 is 1. The fraction of sp³-hybridized carbons (Fsp3) is 0.417. The van der Waals surface area contributed by atoms with Crippen LogP contribution < -0.4 is 4.90 Å². The number of rotatable bonds is 6. The fourth-order valence-corrected chi connectivity index (χ4v) is 5.92. The second-order valence-corrected chi connectivity index (χ2v) is 13.9. The molecular weight excluding hydrogens is 703 g/mol. The van der Waals surface area contributed by atoms with E-state index in [0.717, 1.165) is 23.0 Å². The molecule has 1 aliphatic rings. The van der Waals surface area contributed by atoms with Crippen LogP contribution in [-0.2, 0) is 41.6 Å². The van der Waals surface area contributed by atoms with Crippen molar-refractivity contribution in [3.05, 3.63) is 82.4 Å². The largest absolute Gasteiger partial charge is 0.468 e. The molecule has 0 bridgehead atoms. The second kappa shape index (κ2) is 13.8. The van der Waals surface area contributed by atoms with Gasteiger partial charge in [0.2, 0.25) is 11.8 Å². The van der Waals surface area contributed by atoms with E-state index in [0.29, 0.717) is 23.3 Å². The Kier molecular flexibility index (Phi) is 10.6. The molecule has 3 amide bonds. The number of amides is 3. The third-order valence-corrected chi connectivity index (χ3v) is 8.66. The minimum atomic E-state index is -5.16. The number of carbonyl (C=O) groups excluding carboxylic acids is 4. The molecule has 52 heavy (non-hydrogen) atoms. The normalized spacial score (nSPS) is 16.9. The molecule has 2 atom stereocenters. The summed E-state index contributed by atoms with van der Waals surface area (Å²) in [6.07, 6.45) is -10.2. The zero-order chi connectivity index (χ0) is 39.3. The van der Waals surface area contributed by atoms with Crippen LogP contribution in [0.4, 0.5) is 41.2 Å². The molecule has 280 valence electrons. The van der Waals surface area contributed by atoms with Gasteiger partial charge in [-0.2, -0.15) is 26.3 Å². The molecule has 0 N–H and O–H groups in total. The molecule has 16 heteroatoms. The Labute approximate surface area is 294 Å². The number of hydrogen-bond donors (Lipinski definition) is 0. The molecule has 1 aliphatic heterocycles. The summed E-state index contributed by atoms with van der Waals surface area (Å²) in [5.41, 5.74) is -5.78. The van der Waals surface area contributed by atoms with Crippen LogP contribution >= 0.6 is 0 Å².